The summed E-state index contributed by atoms with van der Waals surface area (Å²) in [5, 5.41) is 24.6. The molecule has 0 aliphatic carbocycles. The summed E-state index contributed by atoms with van der Waals surface area (Å²) in [6, 6.07) is 10.3. The first-order valence-corrected chi connectivity index (χ1v) is 9.86. The molecule has 2 amide bonds. The third-order valence-corrected chi connectivity index (χ3v) is 4.50. The molecule has 0 aliphatic heterocycles. The molecule has 0 saturated carbocycles. The molecule has 2 rings (SSSR count). The van der Waals surface area contributed by atoms with Crippen LogP contribution in [-0.2, 0) is 9.59 Å². The Kier molecular flexibility index (Phi) is 8.69. The first kappa shape index (κ1) is 22.7. The van der Waals surface area contributed by atoms with Gasteiger partial charge in [0.15, 0.2) is 0 Å². The number of carbonyl (C=O) groups excluding carboxylic acids is 2. The number of benzene rings is 2. The van der Waals surface area contributed by atoms with Crippen molar-refractivity contribution in [3.8, 4) is 11.5 Å². The molecule has 2 aromatic carbocycles. The minimum Gasteiger partial charge on any atom is -0.508 e. The number of aryl methyl sites for hydroxylation is 2. The van der Waals surface area contributed by atoms with E-state index in [4.69, 9.17) is 0 Å². The SMILES string of the molecule is Cc1cc(/C=C/C(=O)NCCCCNC(=O)/C=C/c2ccc(O)c(C)c2)ccc1O. The average molecular weight is 408 g/mol. The Bertz CT molecular complexity index is 871. The van der Waals surface area contributed by atoms with Crippen LogP contribution >= 0.6 is 0 Å². The number of hydrogen-bond donors (Lipinski definition) is 4. The quantitative estimate of drug-likeness (QED) is 0.377. The monoisotopic (exact) mass is 408 g/mol. The molecule has 0 fully saturated rings. The van der Waals surface area contributed by atoms with Crippen LogP contribution < -0.4 is 10.6 Å². The van der Waals surface area contributed by atoms with Gasteiger partial charge in [0, 0.05) is 25.2 Å². The number of unbranched alkanes of at least 4 members (excludes halogenated alkanes) is 1. The van der Waals surface area contributed by atoms with Crippen molar-refractivity contribution >= 4 is 24.0 Å². The van der Waals surface area contributed by atoms with Crippen LogP contribution in [0.5, 0.6) is 11.5 Å². The van der Waals surface area contributed by atoms with Gasteiger partial charge in [-0.05, 0) is 85.4 Å². The maximum atomic E-state index is 11.8. The largest absolute Gasteiger partial charge is 0.508 e. The van der Waals surface area contributed by atoms with Crippen molar-refractivity contribution in [2.24, 2.45) is 0 Å². The predicted octanol–water partition coefficient (Wildman–Crippen LogP) is 3.45. The van der Waals surface area contributed by atoms with Gasteiger partial charge in [0.25, 0.3) is 0 Å². The van der Waals surface area contributed by atoms with Crippen molar-refractivity contribution in [2.45, 2.75) is 26.7 Å². The molecular weight excluding hydrogens is 380 g/mol. The summed E-state index contributed by atoms with van der Waals surface area (Å²) in [6.45, 7) is 4.65. The summed E-state index contributed by atoms with van der Waals surface area (Å²) in [4.78, 5) is 23.7. The van der Waals surface area contributed by atoms with Crippen molar-refractivity contribution in [1.29, 1.82) is 0 Å². The van der Waals surface area contributed by atoms with Crippen LogP contribution in [0.25, 0.3) is 12.2 Å². The fourth-order valence-corrected chi connectivity index (χ4v) is 2.70. The van der Waals surface area contributed by atoms with E-state index < -0.39 is 0 Å². The predicted molar refractivity (Wildman–Crippen MR) is 119 cm³/mol. The fraction of sp³-hybridized carbons (Fsp3) is 0.250. The Morgan fingerprint density at radius 3 is 1.53 bits per heavy atom. The summed E-state index contributed by atoms with van der Waals surface area (Å²) >= 11 is 0. The number of rotatable bonds is 9. The highest BCUT2D eigenvalue weighted by Crippen LogP contribution is 2.18. The van der Waals surface area contributed by atoms with Crippen LogP contribution in [0.3, 0.4) is 0 Å². The van der Waals surface area contributed by atoms with E-state index in [0.29, 0.717) is 13.1 Å². The number of nitrogens with one attached hydrogen (secondary N) is 2. The van der Waals surface area contributed by atoms with Crippen LogP contribution in [0.2, 0.25) is 0 Å². The number of amides is 2. The maximum absolute atomic E-state index is 11.8. The lowest BCUT2D eigenvalue weighted by Gasteiger charge is -2.04. The average Bonchev–Trinajstić information content (AvgIpc) is 2.72. The second-order valence-corrected chi connectivity index (χ2v) is 7.05. The topological polar surface area (TPSA) is 98.7 Å². The Balaban J connectivity index is 1.60. The molecular formula is C24H28N2O4. The molecule has 0 saturated heterocycles. The summed E-state index contributed by atoms with van der Waals surface area (Å²) in [7, 11) is 0. The molecule has 4 N–H and O–H groups in total. The smallest absolute Gasteiger partial charge is 0.243 e. The lowest BCUT2D eigenvalue weighted by molar-refractivity contribution is -0.117. The molecule has 0 aliphatic rings. The highest BCUT2D eigenvalue weighted by atomic mass is 16.3. The van der Waals surface area contributed by atoms with E-state index in [1.807, 2.05) is 0 Å². The Morgan fingerprint density at radius 1 is 0.767 bits per heavy atom. The summed E-state index contributed by atoms with van der Waals surface area (Å²) < 4.78 is 0. The Labute approximate surface area is 176 Å². The third kappa shape index (κ3) is 7.83. The van der Waals surface area contributed by atoms with E-state index in [0.717, 1.165) is 35.1 Å². The molecule has 0 spiro atoms. The minimum atomic E-state index is -0.183. The second kappa shape index (κ2) is 11.5. The zero-order valence-electron chi connectivity index (χ0n) is 17.3. The van der Waals surface area contributed by atoms with Crippen LogP contribution in [0.15, 0.2) is 48.6 Å². The zero-order chi connectivity index (χ0) is 21.9. The summed E-state index contributed by atoms with van der Waals surface area (Å²) in [5.41, 5.74) is 3.21. The molecule has 0 heterocycles. The van der Waals surface area contributed by atoms with E-state index in [2.05, 4.69) is 10.6 Å². The standard InChI is InChI=1S/C24H28N2O4/c1-17-15-19(5-9-21(17)27)7-11-23(29)25-13-3-4-14-26-24(30)12-8-20-6-10-22(28)18(2)16-20/h5-12,15-16,27-28H,3-4,13-14H2,1-2H3,(H,25,29)(H,26,30)/b11-7+,12-8+. The molecule has 0 radical (unpaired) electrons. The van der Waals surface area contributed by atoms with Gasteiger partial charge in [0.2, 0.25) is 11.8 Å². The van der Waals surface area contributed by atoms with Crippen molar-refractivity contribution in [3.63, 3.8) is 0 Å². The van der Waals surface area contributed by atoms with Gasteiger partial charge >= 0.3 is 0 Å². The number of carbonyl (C=O) groups is 2. The third-order valence-electron chi connectivity index (χ3n) is 4.50. The Morgan fingerprint density at radius 2 is 1.17 bits per heavy atom. The first-order valence-electron chi connectivity index (χ1n) is 9.86. The van der Waals surface area contributed by atoms with E-state index >= 15 is 0 Å². The minimum absolute atomic E-state index is 0.183. The van der Waals surface area contributed by atoms with E-state index in [9.17, 15) is 19.8 Å². The van der Waals surface area contributed by atoms with Crippen molar-refractivity contribution in [1.82, 2.24) is 10.6 Å². The van der Waals surface area contributed by atoms with Crippen molar-refractivity contribution in [3.05, 3.63) is 70.8 Å². The van der Waals surface area contributed by atoms with E-state index in [1.54, 1.807) is 62.4 Å². The molecule has 158 valence electrons. The van der Waals surface area contributed by atoms with Crippen LogP contribution in [0.4, 0.5) is 0 Å². The van der Waals surface area contributed by atoms with Gasteiger partial charge < -0.3 is 20.8 Å². The number of phenolic OH excluding ortho intramolecular Hbond substituents is 2. The Hall–Kier alpha value is -3.54. The van der Waals surface area contributed by atoms with Gasteiger partial charge in [-0.15, -0.1) is 0 Å². The molecule has 2 aromatic rings. The van der Waals surface area contributed by atoms with Gasteiger partial charge in [-0.1, -0.05) is 12.1 Å². The number of hydrogen-bond acceptors (Lipinski definition) is 4. The molecule has 0 atom stereocenters. The normalized spacial score (nSPS) is 11.1. The molecule has 0 unspecified atom stereocenters. The fourth-order valence-electron chi connectivity index (χ4n) is 2.70. The number of phenols is 2. The highest BCUT2D eigenvalue weighted by molar-refractivity contribution is 5.92. The van der Waals surface area contributed by atoms with Gasteiger partial charge in [-0.3, -0.25) is 9.59 Å². The van der Waals surface area contributed by atoms with E-state index in [1.165, 1.54) is 12.2 Å². The summed E-state index contributed by atoms with van der Waals surface area (Å²) in [6.07, 6.45) is 7.82. The maximum Gasteiger partial charge on any atom is 0.243 e. The highest BCUT2D eigenvalue weighted by Gasteiger charge is 2.00. The lowest BCUT2D eigenvalue weighted by atomic mass is 10.1. The number of aromatic hydroxyl groups is 2. The molecule has 30 heavy (non-hydrogen) atoms. The van der Waals surface area contributed by atoms with Gasteiger partial charge in [0.1, 0.15) is 11.5 Å². The van der Waals surface area contributed by atoms with Crippen molar-refractivity contribution in [2.75, 3.05) is 13.1 Å². The van der Waals surface area contributed by atoms with E-state index in [-0.39, 0.29) is 23.3 Å². The molecule has 0 aromatic heterocycles. The second-order valence-electron chi connectivity index (χ2n) is 7.05. The van der Waals surface area contributed by atoms with Crippen LogP contribution in [-0.4, -0.2) is 35.1 Å². The molecule has 6 heteroatoms. The lowest BCUT2D eigenvalue weighted by Crippen LogP contribution is -2.25. The van der Waals surface area contributed by atoms with Gasteiger partial charge in [-0.2, -0.15) is 0 Å². The van der Waals surface area contributed by atoms with Crippen LogP contribution in [0, 0.1) is 13.8 Å². The first-order chi connectivity index (χ1) is 14.3. The molecule has 6 nitrogen and oxygen atoms in total. The van der Waals surface area contributed by atoms with Crippen LogP contribution in [0.1, 0.15) is 35.1 Å². The zero-order valence-corrected chi connectivity index (χ0v) is 17.3. The van der Waals surface area contributed by atoms with Gasteiger partial charge in [-0.25, -0.2) is 0 Å². The molecule has 0 bridgehead atoms. The van der Waals surface area contributed by atoms with Crippen molar-refractivity contribution < 1.29 is 19.8 Å². The van der Waals surface area contributed by atoms with Gasteiger partial charge in [0.05, 0.1) is 0 Å². The summed E-state index contributed by atoms with van der Waals surface area (Å²) in [5.74, 6) is 0.0954.